The molecule has 0 rings (SSSR count). The van der Waals surface area contributed by atoms with E-state index in [1.165, 1.54) is 19.3 Å². The van der Waals surface area contributed by atoms with Crippen LogP contribution in [0.15, 0.2) is 12.2 Å². The van der Waals surface area contributed by atoms with Gasteiger partial charge < -0.3 is 15.2 Å². The van der Waals surface area contributed by atoms with Gasteiger partial charge in [0.25, 0.3) is 0 Å². The third-order valence-corrected chi connectivity index (χ3v) is 2.72. The van der Waals surface area contributed by atoms with Gasteiger partial charge in [-0.1, -0.05) is 33.3 Å². The number of unbranched alkanes of at least 4 members (excludes halogenated alkanes) is 1. The van der Waals surface area contributed by atoms with Crippen molar-refractivity contribution in [1.29, 1.82) is 0 Å². The zero-order chi connectivity index (χ0) is 14.6. The molecule has 0 aromatic carbocycles. The molecule has 0 saturated heterocycles. The van der Waals surface area contributed by atoms with Crippen molar-refractivity contribution in [1.82, 2.24) is 0 Å². The molecule has 1 amide bonds. The first kappa shape index (κ1) is 19.5. The van der Waals surface area contributed by atoms with Gasteiger partial charge in [0.2, 0.25) is 5.91 Å². The Bertz CT molecular complexity index is 213. The van der Waals surface area contributed by atoms with Crippen LogP contribution in [0.3, 0.4) is 0 Å². The van der Waals surface area contributed by atoms with Crippen LogP contribution in [0.1, 0.15) is 46.5 Å². The smallest absolute Gasteiger partial charge is 0.243 e. The lowest BCUT2D eigenvalue weighted by molar-refractivity contribution is -0.139. The topological polar surface area (TPSA) is 61.6 Å². The zero-order valence-corrected chi connectivity index (χ0v) is 12.5. The Morgan fingerprint density at radius 1 is 1.28 bits per heavy atom. The second-order valence-corrected chi connectivity index (χ2v) is 4.29. The van der Waals surface area contributed by atoms with Gasteiger partial charge in [0.05, 0.1) is 0 Å². The Morgan fingerprint density at radius 3 is 1.94 bits per heavy atom. The van der Waals surface area contributed by atoms with Crippen molar-refractivity contribution >= 4 is 5.91 Å². The van der Waals surface area contributed by atoms with E-state index in [2.05, 4.69) is 20.4 Å². The summed E-state index contributed by atoms with van der Waals surface area (Å²) in [7, 11) is 3.42. The van der Waals surface area contributed by atoms with E-state index < -0.39 is 5.91 Å². The lowest BCUT2D eigenvalue weighted by Gasteiger charge is -2.23. The van der Waals surface area contributed by atoms with Crippen LogP contribution in [0.2, 0.25) is 0 Å². The highest BCUT2D eigenvalue weighted by Gasteiger charge is 2.17. The molecular weight excluding hydrogens is 230 g/mol. The van der Waals surface area contributed by atoms with Gasteiger partial charge in [-0.15, -0.1) is 0 Å². The monoisotopic (exact) mass is 259 g/mol. The first-order valence-electron chi connectivity index (χ1n) is 6.45. The molecule has 0 heterocycles. The Balaban J connectivity index is 0. The maximum Gasteiger partial charge on any atom is 0.243 e. The molecule has 2 N–H and O–H groups in total. The van der Waals surface area contributed by atoms with Crippen molar-refractivity contribution in [2.45, 2.75) is 52.7 Å². The highest BCUT2D eigenvalue weighted by molar-refractivity contribution is 5.90. The molecule has 4 heteroatoms. The largest absolute Gasteiger partial charge is 0.366 e. The van der Waals surface area contributed by atoms with E-state index in [1.807, 2.05) is 0 Å². The second kappa shape index (κ2) is 12.6. The van der Waals surface area contributed by atoms with Crippen LogP contribution in [0.4, 0.5) is 0 Å². The molecule has 0 radical (unpaired) electrons. The minimum Gasteiger partial charge on any atom is -0.366 e. The molecule has 0 aliphatic rings. The van der Waals surface area contributed by atoms with Crippen LogP contribution < -0.4 is 5.73 Å². The summed E-state index contributed by atoms with van der Waals surface area (Å²) in [4.78, 5) is 9.82. The number of ether oxygens (including phenoxy) is 2. The number of hydrogen-bond acceptors (Lipinski definition) is 3. The SMILES string of the molecule is C=C(C)C(N)=O.CCCCC(CC)C(OC)OC. The second-order valence-electron chi connectivity index (χ2n) is 4.29. The summed E-state index contributed by atoms with van der Waals surface area (Å²) in [5, 5.41) is 0. The lowest BCUT2D eigenvalue weighted by atomic mass is 9.99. The number of methoxy groups -OCH3 is 2. The van der Waals surface area contributed by atoms with Gasteiger partial charge in [0, 0.05) is 25.7 Å². The van der Waals surface area contributed by atoms with Crippen LogP contribution in [0.5, 0.6) is 0 Å². The summed E-state index contributed by atoms with van der Waals surface area (Å²) in [5.41, 5.74) is 5.09. The number of hydrogen-bond donors (Lipinski definition) is 1. The summed E-state index contributed by atoms with van der Waals surface area (Å²) in [6.07, 6.45) is 4.84. The normalized spacial score (nSPS) is 11.7. The van der Waals surface area contributed by atoms with Crippen LogP contribution in [0, 0.1) is 5.92 Å². The van der Waals surface area contributed by atoms with E-state index in [0.29, 0.717) is 11.5 Å². The third kappa shape index (κ3) is 10.3. The molecule has 0 aliphatic carbocycles. The molecule has 0 aliphatic heterocycles. The molecule has 1 unspecified atom stereocenters. The Labute approximate surface area is 112 Å². The molecule has 0 bridgehead atoms. The third-order valence-electron chi connectivity index (χ3n) is 2.72. The Hall–Kier alpha value is -0.870. The van der Waals surface area contributed by atoms with Crippen molar-refractivity contribution in [3.8, 4) is 0 Å². The molecular formula is C14H29NO3. The van der Waals surface area contributed by atoms with E-state index in [-0.39, 0.29) is 6.29 Å². The van der Waals surface area contributed by atoms with E-state index in [1.54, 1.807) is 21.1 Å². The van der Waals surface area contributed by atoms with E-state index in [9.17, 15) is 4.79 Å². The van der Waals surface area contributed by atoms with Gasteiger partial charge in [-0.3, -0.25) is 4.79 Å². The standard InChI is InChI=1S/C10H22O2.C4H7NO/c1-5-7-8-9(6-2)10(11-3)12-4;1-3(2)4(5)6/h9-10H,5-8H2,1-4H3;1H2,2H3,(H2,5,6). The molecule has 0 aromatic rings. The van der Waals surface area contributed by atoms with Crippen molar-refractivity contribution in [3.63, 3.8) is 0 Å². The molecule has 0 aromatic heterocycles. The number of amides is 1. The molecule has 4 nitrogen and oxygen atoms in total. The Morgan fingerprint density at radius 2 is 1.72 bits per heavy atom. The van der Waals surface area contributed by atoms with E-state index in [0.717, 1.165) is 6.42 Å². The zero-order valence-electron chi connectivity index (χ0n) is 12.5. The van der Waals surface area contributed by atoms with Gasteiger partial charge in [-0.05, 0) is 19.8 Å². The summed E-state index contributed by atoms with van der Waals surface area (Å²) >= 11 is 0. The summed E-state index contributed by atoms with van der Waals surface area (Å²) < 4.78 is 10.5. The summed E-state index contributed by atoms with van der Waals surface area (Å²) in [5.74, 6) is 0.120. The maximum absolute atomic E-state index is 9.82. The predicted molar refractivity (Wildman–Crippen MR) is 75.1 cm³/mol. The fourth-order valence-corrected chi connectivity index (χ4v) is 1.48. The van der Waals surface area contributed by atoms with Crippen molar-refractivity contribution in [2.24, 2.45) is 11.7 Å². The number of carbonyl (C=O) groups excluding carboxylic acids is 1. The molecule has 0 spiro atoms. The van der Waals surface area contributed by atoms with Crippen molar-refractivity contribution in [3.05, 3.63) is 12.2 Å². The molecule has 1 atom stereocenters. The van der Waals surface area contributed by atoms with Crippen LogP contribution in [-0.2, 0) is 14.3 Å². The number of carbonyl (C=O) groups is 1. The van der Waals surface area contributed by atoms with Crippen molar-refractivity contribution in [2.75, 3.05) is 14.2 Å². The fourth-order valence-electron chi connectivity index (χ4n) is 1.48. The van der Waals surface area contributed by atoms with Gasteiger partial charge in [-0.25, -0.2) is 0 Å². The van der Waals surface area contributed by atoms with Gasteiger partial charge in [-0.2, -0.15) is 0 Å². The average molecular weight is 259 g/mol. The summed E-state index contributed by atoms with van der Waals surface area (Å²) in [6, 6.07) is 0. The average Bonchev–Trinajstić information content (AvgIpc) is 2.35. The molecule has 18 heavy (non-hydrogen) atoms. The molecule has 0 saturated carbocycles. The van der Waals surface area contributed by atoms with Crippen LogP contribution in [0.25, 0.3) is 0 Å². The molecule has 0 fully saturated rings. The maximum atomic E-state index is 9.82. The summed E-state index contributed by atoms with van der Waals surface area (Å²) in [6.45, 7) is 9.25. The first-order chi connectivity index (χ1) is 8.44. The Kier molecular flexibility index (Phi) is 13.6. The molecule has 108 valence electrons. The van der Waals surface area contributed by atoms with Gasteiger partial charge in [0.15, 0.2) is 6.29 Å². The predicted octanol–water partition coefficient (Wildman–Crippen LogP) is 2.87. The number of nitrogens with two attached hydrogens (primary N) is 1. The van der Waals surface area contributed by atoms with Crippen molar-refractivity contribution < 1.29 is 14.3 Å². The van der Waals surface area contributed by atoms with E-state index in [4.69, 9.17) is 15.2 Å². The highest BCUT2D eigenvalue weighted by atomic mass is 16.7. The van der Waals surface area contributed by atoms with Gasteiger partial charge in [0.1, 0.15) is 0 Å². The fraction of sp³-hybridized carbons (Fsp3) is 0.786. The highest BCUT2D eigenvalue weighted by Crippen LogP contribution is 2.19. The quantitative estimate of drug-likeness (QED) is 0.538. The minimum atomic E-state index is -0.435. The minimum absolute atomic E-state index is 0.0125. The lowest BCUT2D eigenvalue weighted by Crippen LogP contribution is -2.24. The number of rotatable bonds is 8. The first-order valence-corrected chi connectivity index (χ1v) is 6.45. The van der Waals surface area contributed by atoms with E-state index >= 15 is 0 Å². The van der Waals surface area contributed by atoms with Gasteiger partial charge >= 0.3 is 0 Å². The number of primary amides is 1. The van der Waals surface area contributed by atoms with Crippen LogP contribution in [-0.4, -0.2) is 26.4 Å². The van der Waals surface area contributed by atoms with Crippen LogP contribution >= 0.6 is 0 Å².